The maximum atomic E-state index is 11.8. The Morgan fingerprint density at radius 3 is 2.80 bits per heavy atom. The lowest BCUT2D eigenvalue weighted by Gasteiger charge is -2.10. The van der Waals surface area contributed by atoms with Crippen LogP contribution in [-0.4, -0.2) is 21.6 Å². The second-order valence-corrected chi connectivity index (χ2v) is 4.84. The molecule has 0 atom stereocenters. The summed E-state index contributed by atoms with van der Waals surface area (Å²) < 4.78 is 6.73. The van der Waals surface area contributed by atoms with E-state index in [1.807, 2.05) is 12.1 Å². The molecule has 0 saturated heterocycles. The van der Waals surface area contributed by atoms with E-state index in [0.29, 0.717) is 23.6 Å². The van der Waals surface area contributed by atoms with Crippen LogP contribution in [0.5, 0.6) is 5.75 Å². The zero-order chi connectivity index (χ0) is 14.7. The lowest BCUT2D eigenvalue weighted by atomic mass is 10.1. The zero-order valence-corrected chi connectivity index (χ0v) is 12.1. The van der Waals surface area contributed by atoms with Crippen molar-refractivity contribution in [2.75, 3.05) is 7.11 Å². The smallest absolute Gasteiger partial charge is 0.253 e. The van der Waals surface area contributed by atoms with E-state index in [-0.39, 0.29) is 10.5 Å². The highest BCUT2D eigenvalue weighted by atomic mass is 32.1. The average Bonchev–Trinajstić information content (AvgIpc) is 2.41. The number of methoxy groups -OCH3 is 1. The van der Waals surface area contributed by atoms with Gasteiger partial charge in [0.2, 0.25) is 0 Å². The van der Waals surface area contributed by atoms with Crippen LogP contribution < -0.4 is 16.0 Å². The van der Waals surface area contributed by atoms with Gasteiger partial charge < -0.3 is 10.5 Å². The fourth-order valence-corrected chi connectivity index (χ4v) is 2.04. The molecule has 6 heteroatoms. The highest BCUT2D eigenvalue weighted by Gasteiger charge is 2.08. The molecule has 104 valence electrons. The lowest BCUT2D eigenvalue weighted by molar-refractivity contribution is 0.414. The van der Waals surface area contributed by atoms with Gasteiger partial charge in [0.15, 0.2) is 0 Å². The molecule has 2 aromatic rings. The molecule has 20 heavy (non-hydrogen) atoms. The van der Waals surface area contributed by atoms with Crippen LogP contribution in [0.2, 0.25) is 0 Å². The van der Waals surface area contributed by atoms with Crippen LogP contribution in [0.15, 0.2) is 35.4 Å². The Labute approximate surface area is 122 Å². The summed E-state index contributed by atoms with van der Waals surface area (Å²) in [6, 6.07) is 6.98. The van der Waals surface area contributed by atoms with Crippen molar-refractivity contribution in [1.29, 1.82) is 0 Å². The van der Waals surface area contributed by atoms with E-state index in [4.69, 9.17) is 22.7 Å². The first-order chi connectivity index (χ1) is 9.51. The molecule has 0 radical (unpaired) electrons. The molecule has 1 aromatic carbocycles. The molecule has 0 fully saturated rings. The van der Waals surface area contributed by atoms with E-state index < -0.39 is 0 Å². The van der Waals surface area contributed by atoms with Crippen LogP contribution in [0.1, 0.15) is 16.8 Å². The number of hydrogen-bond acceptors (Lipinski definition) is 4. The van der Waals surface area contributed by atoms with Gasteiger partial charge >= 0.3 is 0 Å². The molecule has 2 rings (SSSR count). The summed E-state index contributed by atoms with van der Waals surface area (Å²) in [4.78, 5) is 16.2. The Morgan fingerprint density at radius 2 is 2.20 bits per heavy atom. The molecule has 0 unspecified atom stereocenters. The summed E-state index contributed by atoms with van der Waals surface area (Å²) in [6.45, 7) is 2.19. The molecule has 5 nitrogen and oxygen atoms in total. The van der Waals surface area contributed by atoms with E-state index in [9.17, 15) is 4.79 Å². The summed E-state index contributed by atoms with van der Waals surface area (Å²) in [5, 5.41) is 0. The number of aryl methyl sites for hydroxylation is 1. The van der Waals surface area contributed by atoms with Gasteiger partial charge in [0.05, 0.1) is 25.5 Å². The van der Waals surface area contributed by atoms with Crippen molar-refractivity contribution in [2.45, 2.75) is 13.5 Å². The first kappa shape index (κ1) is 14.2. The third-order valence-electron chi connectivity index (χ3n) is 2.90. The number of thiocarbonyl (C=S) groups is 1. The predicted molar refractivity (Wildman–Crippen MR) is 81.2 cm³/mol. The normalized spacial score (nSPS) is 10.3. The molecular formula is C14H15N3O2S. The molecule has 0 aliphatic carbocycles. The minimum atomic E-state index is -0.0924. The van der Waals surface area contributed by atoms with Gasteiger partial charge in [-0.25, -0.2) is 4.98 Å². The molecular weight excluding hydrogens is 274 g/mol. The van der Waals surface area contributed by atoms with Crippen molar-refractivity contribution in [3.8, 4) is 5.75 Å². The van der Waals surface area contributed by atoms with Gasteiger partial charge in [-0.05, 0) is 24.6 Å². The van der Waals surface area contributed by atoms with E-state index in [2.05, 4.69) is 4.98 Å². The second-order valence-electron chi connectivity index (χ2n) is 4.40. The van der Waals surface area contributed by atoms with Gasteiger partial charge in [0.1, 0.15) is 10.7 Å². The zero-order valence-electron chi connectivity index (χ0n) is 11.3. The second kappa shape index (κ2) is 5.83. The Bertz CT molecular complexity index is 710. The molecule has 2 N–H and O–H groups in total. The molecule has 0 spiro atoms. The van der Waals surface area contributed by atoms with Crippen molar-refractivity contribution in [3.63, 3.8) is 0 Å². The van der Waals surface area contributed by atoms with Crippen LogP contribution in [0.3, 0.4) is 0 Å². The van der Waals surface area contributed by atoms with Gasteiger partial charge in [-0.15, -0.1) is 0 Å². The molecule has 0 bridgehead atoms. The minimum absolute atomic E-state index is 0.0924. The van der Waals surface area contributed by atoms with E-state index in [0.717, 1.165) is 5.56 Å². The standard InChI is InChI=1S/C14H15N3O2S/c1-9-5-13(18)17(8-16-9)7-10-3-4-12(19-2)11(6-10)14(15)20/h3-6,8H,7H2,1-2H3,(H2,15,20). The van der Waals surface area contributed by atoms with Gasteiger partial charge in [-0.1, -0.05) is 18.3 Å². The maximum absolute atomic E-state index is 11.8. The SMILES string of the molecule is COc1ccc(Cn2cnc(C)cc2=O)cc1C(N)=S. The van der Waals surface area contributed by atoms with Crippen molar-refractivity contribution in [1.82, 2.24) is 9.55 Å². The van der Waals surface area contributed by atoms with Crippen LogP contribution in [0, 0.1) is 6.92 Å². The Morgan fingerprint density at radius 1 is 1.45 bits per heavy atom. The van der Waals surface area contributed by atoms with Crippen LogP contribution in [0.25, 0.3) is 0 Å². The largest absolute Gasteiger partial charge is 0.496 e. The first-order valence-corrected chi connectivity index (χ1v) is 6.42. The molecule has 1 heterocycles. The number of aromatic nitrogens is 2. The number of rotatable bonds is 4. The fourth-order valence-electron chi connectivity index (χ4n) is 1.88. The van der Waals surface area contributed by atoms with E-state index in [1.165, 1.54) is 17.0 Å². The molecule has 0 aliphatic rings. The third kappa shape index (κ3) is 3.03. The Kier molecular flexibility index (Phi) is 4.14. The highest BCUT2D eigenvalue weighted by Crippen LogP contribution is 2.20. The summed E-state index contributed by atoms with van der Waals surface area (Å²) in [7, 11) is 1.56. The van der Waals surface area contributed by atoms with Gasteiger partial charge in [0, 0.05) is 11.8 Å². The highest BCUT2D eigenvalue weighted by molar-refractivity contribution is 7.80. The lowest BCUT2D eigenvalue weighted by Crippen LogP contribution is -2.21. The van der Waals surface area contributed by atoms with Crippen LogP contribution in [0.4, 0.5) is 0 Å². The van der Waals surface area contributed by atoms with Crippen LogP contribution in [-0.2, 0) is 6.54 Å². The number of ether oxygens (including phenoxy) is 1. The summed E-state index contributed by atoms with van der Waals surface area (Å²) in [6.07, 6.45) is 1.53. The topological polar surface area (TPSA) is 70.1 Å². The van der Waals surface area contributed by atoms with Crippen LogP contribution >= 0.6 is 12.2 Å². The van der Waals surface area contributed by atoms with Gasteiger partial charge in [-0.3, -0.25) is 9.36 Å². The van der Waals surface area contributed by atoms with Gasteiger partial charge in [-0.2, -0.15) is 0 Å². The quantitative estimate of drug-likeness (QED) is 0.858. The summed E-state index contributed by atoms with van der Waals surface area (Å²) >= 11 is 5.00. The monoisotopic (exact) mass is 289 g/mol. The van der Waals surface area contributed by atoms with Gasteiger partial charge in [0.25, 0.3) is 5.56 Å². The minimum Gasteiger partial charge on any atom is -0.496 e. The van der Waals surface area contributed by atoms with Crippen molar-refractivity contribution in [2.24, 2.45) is 5.73 Å². The fraction of sp³-hybridized carbons (Fsp3) is 0.214. The van der Waals surface area contributed by atoms with Crippen molar-refractivity contribution >= 4 is 17.2 Å². The summed E-state index contributed by atoms with van der Waals surface area (Å²) in [5.74, 6) is 0.621. The molecule has 1 aromatic heterocycles. The predicted octanol–water partition coefficient (Wildman–Crippen LogP) is 1.24. The summed E-state index contributed by atoms with van der Waals surface area (Å²) in [5.41, 5.74) is 7.84. The number of hydrogen-bond donors (Lipinski definition) is 1. The maximum Gasteiger partial charge on any atom is 0.253 e. The van der Waals surface area contributed by atoms with E-state index >= 15 is 0 Å². The van der Waals surface area contributed by atoms with Crippen molar-refractivity contribution in [3.05, 3.63) is 57.8 Å². The first-order valence-electron chi connectivity index (χ1n) is 6.01. The Balaban J connectivity index is 2.37. The number of benzene rings is 1. The molecule has 0 aliphatic heterocycles. The number of nitrogens with two attached hydrogens (primary N) is 1. The van der Waals surface area contributed by atoms with Crippen molar-refractivity contribution < 1.29 is 4.74 Å². The average molecular weight is 289 g/mol. The third-order valence-corrected chi connectivity index (χ3v) is 3.12. The number of nitrogens with zero attached hydrogens (tertiary/aromatic N) is 2. The molecule has 0 saturated carbocycles. The Hall–Kier alpha value is -2.21. The van der Waals surface area contributed by atoms with E-state index in [1.54, 1.807) is 20.1 Å². The molecule has 0 amide bonds.